The molecule has 0 unspecified atom stereocenters. The van der Waals surface area contributed by atoms with Crippen LogP contribution >= 0.6 is 0 Å². The molecule has 0 amide bonds. The molecule has 0 saturated carbocycles. The molecule has 0 N–H and O–H groups in total. The summed E-state index contributed by atoms with van der Waals surface area (Å²) in [6.45, 7) is 0. The Labute approximate surface area is 247 Å². The fourth-order valence-electron chi connectivity index (χ4n) is 7.38. The monoisotopic (exact) mass is 544 g/mol. The van der Waals surface area contributed by atoms with E-state index >= 15 is 0 Å². The zero-order chi connectivity index (χ0) is 28.1. The molecule has 43 heavy (non-hydrogen) atoms. The van der Waals surface area contributed by atoms with Gasteiger partial charge in [0.1, 0.15) is 11.2 Å². The van der Waals surface area contributed by atoms with Crippen molar-refractivity contribution in [2.45, 2.75) is 0 Å². The third-order valence-electron chi connectivity index (χ3n) is 9.40. The third kappa shape index (κ3) is 3.22. The normalized spacial score (nSPS) is 12.2. The van der Waals surface area contributed by atoms with Gasteiger partial charge in [0.2, 0.25) is 0 Å². The molecule has 0 aliphatic heterocycles. The lowest BCUT2D eigenvalue weighted by Gasteiger charge is -2.17. The highest BCUT2D eigenvalue weighted by atomic mass is 16.3. The molecule has 0 aliphatic carbocycles. The lowest BCUT2D eigenvalue weighted by Crippen LogP contribution is -1.90. The molecule has 0 saturated heterocycles. The molecular weight excluding hydrogens is 520 g/mol. The van der Waals surface area contributed by atoms with E-state index in [1.807, 2.05) is 0 Å². The minimum absolute atomic E-state index is 0.923. The van der Waals surface area contributed by atoms with Crippen LogP contribution in [0, 0.1) is 0 Å². The summed E-state index contributed by atoms with van der Waals surface area (Å²) in [5, 5.41) is 15.1. The molecule has 1 aromatic heterocycles. The van der Waals surface area contributed by atoms with Gasteiger partial charge in [0.15, 0.2) is 0 Å². The minimum atomic E-state index is 0.923. The number of fused-ring (bicyclic) bond motifs is 5. The third-order valence-corrected chi connectivity index (χ3v) is 9.40. The van der Waals surface area contributed by atoms with Crippen molar-refractivity contribution in [3.05, 3.63) is 146 Å². The number of benzene rings is 9. The van der Waals surface area contributed by atoms with Crippen molar-refractivity contribution in [3.63, 3.8) is 0 Å². The van der Waals surface area contributed by atoms with Crippen molar-refractivity contribution in [1.82, 2.24) is 0 Å². The van der Waals surface area contributed by atoms with E-state index in [0.29, 0.717) is 0 Å². The Kier molecular flexibility index (Phi) is 4.51. The van der Waals surface area contributed by atoms with Crippen LogP contribution in [0.4, 0.5) is 0 Å². The van der Waals surface area contributed by atoms with Crippen LogP contribution < -0.4 is 0 Å². The Morgan fingerprint density at radius 3 is 1.70 bits per heavy atom. The van der Waals surface area contributed by atoms with E-state index in [1.165, 1.54) is 76.1 Å². The molecule has 0 radical (unpaired) electrons. The van der Waals surface area contributed by atoms with Crippen LogP contribution in [-0.2, 0) is 0 Å². The Morgan fingerprint density at radius 2 is 0.884 bits per heavy atom. The molecule has 10 aromatic rings. The van der Waals surface area contributed by atoms with Crippen molar-refractivity contribution in [1.29, 1.82) is 0 Å². The fraction of sp³-hybridized carbons (Fsp3) is 0. The average molecular weight is 545 g/mol. The number of furan rings is 1. The van der Waals surface area contributed by atoms with Crippen LogP contribution in [0.15, 0.2) is 150 Å². The van der Waals surface area contributed by atoms with E-state index in [2.05, 4.69) is 146 Å². The zero-order valence-corrected chi connectivity index (χ0v) is 23.3. The summed E-state index contributed by atoms with van der Waals surface area (Å²) in [4.78, 5) is 0. The molecule has 10 rings (SSSR count). The first-order valence-electron chi connectivity index (χ1n) is 14.8. The van der Waals surface area contributed by atoms with E-state index in [-0.39, 0.29) is 0 Å². The summed E-state index contributed by atoms with van der Waals surface area (Å²) >= 11 is 0. The highest BCUT2D eigenvalue weighted by molar-refractivity contribution is 6.28. The van der Waals surface area contributed by atoms with Crippen molar-refractivity contribution < 1.29 is 4.42 Å². The van der Waals surface area contributed by atoms with Crippen LogP contribution in [0.1, 0.15) is 0 Å². The standard InChI is InChI=1S/C42H24O/c1-2-8-29-23-40-38(22-28(29)7-1)35-19-16-30(24-39(35)43-40)32-17-12-26-15-21-37-34(18-13-27-14-20-36(32)41(26)42(27)37)33-11-5-9-25-6-3-4-10-31(25)33/h1-24H. The van der Waals surface area contributed by atoms with Gasteiger partial charge in [-0.05, 0) is 100 Å². The molecule has 0 fully saturated rings. The van der Waals surface area contributed by atoms with Gasteiger partial charge in [0.05, 0.1) is 0 Å². The van der Waals surface area contributed by atoms with E-state index in [9.17, 15) is 0 Å². The Balaban J connectivity index is 1.22. The summed E-state index contributed by atoms with van der Waals surface area (Å²) in [5.74, 6) is 0. The van der Waals surface area contributed by atoms with Gasteiger partial charge in [-0.2, -0.15) is 0 Å². The first-order chi connectivity index (χ1) is 21.3. The van der Waals surface area contributed by atoms with Gasteiger partial charge in [-0.1, -0.05) is 121 Å². The second-order valence-corrected chi connectivity index (χ2v) is 11.7. The minimum Gasteiger partial charge on any atom is -0.456 e. The summed E-state index contributed by atoms with van der Waals surface area (Å²) in [6.07, 6.45) is 0. The van der Waals surface area contributed by atoms with E-state index in [1.54, 1.807) is 0 Å². The molecule has 0 spiro atoms. The van der Waals surface area contributed by atoms with Crippen molar-refractivity contribution in [2.75, 3.05) is 0 Å². The fourth-order valence-corrected chi connectivity index (χ4v) is 7.38. The molecule has 1 heteroatoms. The lowest BCUT2D eigenvalue weighted by molar-refractivity contribution is 0.669. The van der Waals surface area contributed by atoms with Crippen LogP contribution in [0.3, 0.4) is 0 Å². The Bertz CT molecular complexity index is 2720. The predicted molar refractivity (Wildman–Crippen MR) is 183 cm³/mol. The summed E-state index contributed by atoms with van der Waals surface area (Å²) in [7, 11) is 0. The summed E-state index contributed by atoms with van der Waals surface area (Å²) < 4.78 is 6.45. The molecule has 1 nitrogen and oxygen atoms in total. The second kappa shape index (κ2) is 8.44. The maximum Gasteiger partial charge on any atom is 0.136 e. The van der Waals surface area contributed by atoms with Crippen molar-refractivity contribution in [3.8, 4) is 22.3 Å². The van der Waals surface area contributed by atoms with Gasteiger partial charge in [-0.3, -0.25) is 0 Å². The van der Waals surface area contributed by atoms with Gasteiger partial charge >= 0.3 is 0 Å². The van der Waals surface area contributed by atoms with Gasteiger partial charge in [-0.25, -0.2) is 0 Å². The topological polar surface area (TPSA) is 13.1 Å². The number of hydrogen-bond donors (Lipinski definition) is 0. The maximum atomic E-state index is 6.45. The molecular formula is C42H24O. The maximum absolute atomic E-state index is 6.45. The van der Waals surface area contributed by atoms with Crippen molar-refractivity contribution >= 4 is 75.8 Å². The molecule has 0 aliphatic rings. The highest BCUT2D eigenvalue weighted by Gasteiger charge is 2.17. The molecule has 1 heterocycles. The van der Waals surface area contributed by atoms with Crippen LogP contribution in [0.25, 0.3) is 98.1 Å². The first-order valence-corrected chi connectivity index (χ1v) is 14.8. The zero-order valence-electron chi connectivity index (χ0n) is 23.3. The predicted octanol–water partition coefficient (Wildman–Crippen LogP) is 12.1. The summed E-state index contributed by atoms with van der Waals surface area (Å²) in [6, 6.07) is 53.2. The second-order valence-electron chi connectivity index (χ2n) is 11.7. The van der Waals surface area contributed by atoms with Crippen LogP contribution in [0.5, 0.6) is 0 Å². The number of rotatable bonds is 2. The first kappa shape index (κ1) is 23.0. The SMILES string of the molecule is c1ccc2cc3c(cc2c1)oc1cc(-c2ccc4ccc5c(-c6cccc7ccccc67)ccc6ccc2c4c65)ccc13. The largest absolute Gasteiger partial charge is 0.456 e. The van der Waals surface area contributed by atoms with Crippen LogP contribution in [-0.4, -0.2) is 0 Å². The van der Waals surface area contributed by atoms with Gasteiger partial charge in [0.25, 0.3) is 0 Å². The van der Waals surface area contributed by atoms with Crippen LogP contribution in [0.2, 0.25) is 0 Å². The molecule has 0 atom stereocenters. The Morgan fingerprint density at radius 1 is 0.302 bits per heavy atom. The number of hydrogen-bond acceptors (Lipinski definition) is 1. The lowest BCUT2D eigenvalue weighted by atomic mass is 9.86. The van der Waals surface area contributed by atoms with Gasteiger partial charge in [-0.15, -0.1) is 0 Å². The van der Waals surface area contributed by atoms with Gasteiger partial charge < -0.3 is 4.42 Å². The average Bonchev–Trinajstić information content (AvgIpc) is 3.42. The molecule has 9 aromatic carbocycles. The summed E-state index contributed by atoms with van der Waals surface area (Å²) in [5.41, 5.74) is 6.81. The van der Waals surface area contributed by atoms with Crippen molar-refractivity contribution in [2.24, 2.45) is 0 Å². The Hall–Kier alpha value is -5.66. The highest BCUT2D eigenvalue weighted by Crippen LogP contribution is 2.44. The van der Waals surface area contributed by atoms with E-state index in [0.717, 1.165) is 21.9 Å². The van der Waals surface area contributed by atoms with Gasteiger partial charge in [0, 0.05) is 10.8 Å². The van der Waals surface area contributed by atoms with E-state index in [4.69, 9.17) is 4.42 Å². The van der Waals surface area contributed by atoms with E-state index < -0.39 is 0 Å². The molecule has 198 valence electrons. The molecule has 0 bridgehead atoms. The smallest absolute Gasteiger partial charge is 0.136 e. The quantitative estimate of drug-likeness (QED) is 0.197.